The zero-order valence-corrected chi connectivity index (χ0v) is 20.1. The lowest BCUT2D eigenvalue weighted by molar-refractivity contribution is 0.328. The van der Waals surface area contributed by atoms with Crippen molar-refractivity contribution in [1.82, 2.24) is 14.8 Å². The summed E-state index contributed by atoms with van der Waals surface area (Å²) in [5.74, 6) is 4.28. The number of hydrogen-bond donors (Lipinski definition) is 1. The number of benzene rings is 2. The fraction of sp³-hybridized carbons (Fsp3) is 0.440. The molecule has 1 aromatic heterocycles. The maximum Gasteiger partial charge on any atom is 0.191 e. The van der Waals surface area contributed by atoms with Crippen molar-refractivity contribution in [2.24, 2.45) is 0 Å². The first-order chi connectivity index (χ1) is 16.3. The summed E-state index contributed by atoms with van der Waals surface area (Å²) in [7, 11) is 3.34. The van der Waals surface area contributed by atoms with Crippen LogP contribution in [0.25, 0.3) is 0 Å². The first-order valence-electron chi connectivity index (χ1n) is 11.5. The Morgan fingerprint density at radius 1 is 0.939 bits per heavy atom. The van der Waals surface area contributed by atoms with E-state index in [9.17, 15) is 0 Å². The molecule has 0 unspecified atom stereocenters. The van der Waals surface area contributed by atoms with Crippen molar-refractivity contribution in [3.05, 3.63) is 54.4 Å². The second-order valence-electron chi connectivity index (χ2n) is 8.02. The second-order valence-corrected chi connectivity index (χ2v) is 9.08. The van der Waals surface area contributed by atoms with Crippen molar-refractivity contribution in [3.63, 3.8) is 0 Å². The van der Waals surface area contributed by atoms with Crippen molar-refractivity contribution in [1.29, 1.82) is 0 Å². The molecule has 1 fully saturated rings. The minimum Gasteiger partial charge on any atom is -0.497 e. The Morgan fingerprint density at radius 3 is 2.45 bits per heavy atom. The van der Waals surface area contributed by atoms with Gasteiger partial charge in [0.05, 0.1) is 27.4 Å². The number of methoxy groups -OCH3 is 2. The van der Waals surface area contributed by atoms with Gasteiger partial charge >= 0.3 is 0 Å². The van der Waals surface area contributed by atoms with E-state index >= 15 is 0 Å². The van der Waals surface area contributed by atoms with Crippen molar-refractivity contribution in [2.75, 3.05) is 31.9 Å². The summed E-state index contributed by atoms with van der Waals surface area (Å²) in [6.07, 6.45) is 6.20. The van der Waals surface area contributed by atoms with Crippen LogP contribution in [0, 0.1) is 0 Å². The third-order valence-corrected chi connectivity index (χ3v) is 6.75. The molecule has 1 aliphatic rings. The van der Waals surface area contributed by atoms with Gasteiger partial charge in [-0.15, -0.1) is 10.2 Å². The Labute approximate surface area is 199 Å². The lowest BCUT2D eigenvalue weighted by Crippen LogP contribution is -2.18. The Bertz CT molecular complexity index is 1000. The summed E-state index contributed by atoms with van der Waals surface area (Å²) < 4.78 is 18.8. The van der Waals surface area contributed by atoms with Crippen LogP contribution in [0.2, 0.25) is 0 Å². The van der Waals surface area contributed by atoms with Crippen LogP contribution in [0.1, 0.15) is 44.0 Å². The van der Waals surface area contributed by atoms with Gasteiger partial charge < -0.3 is 24.1 Å². The normalized spacial score (nSPS) is 14.1. The van der Waals surface area contributed by atoms with Gasteiger partial charge in [0.15, 0.2) is 11.0 Å². The number of hydrogen-bond acceptors (Lipinski definition) is 7. The minimum atomic E-state index is 0.459. The van der Waals surface area contributed by atoms with Crippen LogP contribution in [-0.4, -0.2) is 41.3 Å². The summed E-state index contributed by atoms with van der Waals surface area (Å²) in [4.78, 5) is 0. The lowest BCUT2D eigenvalue weighted by atomic mass is 9.95. The van der Waals surface area contributed by atoms with Crippen molar-refractivity contribution < 1.29 is 14.2 Å². The van der Waals surface area contributed by atoms with Crippen molar-refractivity contribution in [2.45, 2.75) is 49.8 Å². The molecule has 0 atom stereocenters. The third kappa shape index (κ3) is 6.35. The molecule has 7 nitrogen and oxygen atoms in total. The SMILES string of the molecule is COc1ccc(OCCSc2nnc(CNc3cccc(OC)c3)n2C2CCCCC2)cc1. The van der Waals surface area contributed by atoms with E-state index in [2.05, 4.69) is 20.1 Å². The maximum absolute atomic E-state index is 5.89. The average Bonchev–Trinajstić information content (AvgIpc) is 3.29. The van der Waals surface area contributed by atoms with Gasteiger partial charge in [-0.1, -0.05) is 37.1 Å². The van der Waals surface area contributed by atoms with E-state index in [1.807, 2.05) is 48.5 Å². The van der Waals surface area contributed by atoms with Gasteiger partial charge in [-0.25, -0.2) is 0 Å². The van der Waals surface area contributed by atoms with Crippen LogP contribution in [0.3, 0.4) is 0 Å². The summed E-state index contributed by atoms with van der Waals surface area (Å²) >= 11 is 1.71. The fourth-order valence-corrected chi connectivity index (χ4v) is 4.95. The monoisotopic (exact) mass is 468 g/mol. The van der Waals surface area contributed by atoms with E-state index < -0.39 is 0 Å². The fourth-order valence-electron chi connectivity index (χ4n) is 4.11. The molecule has 0 aliphatic heterocycles. The Kier molecular flexibility index (Phi) is 8.35. The molecule has 1 aliphatic carbocycles. The van der Waals surface area contributed by atoms with Crippen LogP contribution in [0.15, 0.2) is 53.7 Å². The van der Waals surface area contributed by atoms with Crippen LogP contribution in [0.5, 0.6) is 17.2 Å². The Morgan fingerprint density at radius 2 is 1.70 bits per heavy atom. The molecule has 0 amide bonds. The van der Waals surface area contributed by atoms with Crippen LogP contribution >= 0.6 is 11.8 Å². The third-order valence-electron chi connectivity index (χ3n) is 5.84. The molecule has 1 heterocycles. The first kappa shape index (κ1) is 23.3. The molecular formula is C25H32N4O3S. The van der Waals surface area contributed by atoms with Crippen LogP contribution in [-0.2, 0) is 6.54 Å². The molecule has 3 aromatic rings. The summed E-state index contributed by atoms with van der Waals surface area (Å²) in [5, 5.41) is 13.5. The molecule has 176 valence electrons. The van der Waals surface area contributed by atoms with E-state index in [0.29, 0.717) is 19.2 Å². The van der Waals surface area contributed by atoms with Gasteiger partial charge in [-0.2, -0.15) is 0 Å². The largest absolute Gasteiger partial charge is 0.497 e. The number of nitrogens with one attached hydrogen (secondary N) is 1. The maximum atomic E-state index is 5.89. The minimum absolute atomic E-state index is 0.459. The van der Waals surface area contributed by atoms with E-state index in [1.54, 1.807) is 26.0 Å². The van der Waals surface area contributed by atoms with E-state index in [0.717, 1.165) is 39.7 Å². The molecule has 1 saturated carbocycles. The van der Waals surface area contributed by atoms with Gasteiger partial charge in [0, 0.05) is 23.5 Å². The zero-order chi connectivity index (χ0) is 22.9. The molecule has 0 saturated heterocycles. The molecule has 0 radical (unpaired) electrons. The highest BCUT2D eigenvalue weighted by molar-refractivity contribution is 7.99. The molecular weight excluding hydrogens is 436 g/mol. The van der Waals surface area contributed by atoms with E-state index in [-0.39, 0.29) is 0 Å². The topological polar surface area (TPSA) is 70.4 Å². The highest BCUT2D eigenvalue weighted by atomic mass is 32.2. The zero-order valence-electron chi connectivity index (χ0n) is 19.3. The lowest BCUT2D eigenvalue weighted by Gasteiger charge is -2.25. The average molecular weight is 469 g/mol. The Hall–Kier alpha value is -2.87. The highest BCUT2D eigenvalue weighted by Gasteiger charge is 2.23. The van der Waals surface area contributed by atoms with Crippen molar-refractivity contribution >= 4 is 17.4 Å². The number of thioether (sulfide) groups is 1. The quantitative estimate of drug-likeness (QED) is 0.291. The predicted octanol–water partition coefficient (Wildman–Crippen LogP) is 5.58. The molecule has 0 bridgehead atoms. The first-order valence-corrected chi connectivity index (χ1v) is 12.5. The standard InChI is InChI=1S/C25H32N4O3S/c1-30-21-11-13-22(14-12-21)32-15-16-33-25-28-27-24(29(25)20-8-4-3-5-9-20)18-26-19-7-6-10-23(17-19)31-2/h6-7,10-14,17,20,26H,3-5,8-9,15-16,18H2,1-2H3. The van der Waals surface area contributed by atoms with E-state index in [1.165, 1.54) is 32.1 Å². The number of rotatable bonds is 11. The predicted molar refractivity (Wildman–Crippen MR) is 132 cm³/mol. The molecule has 2 aromatic carbocycles. The summed E-state index contributed by atoms with van der Waals surface area (Å²) in [6.45, 7) is 1.23. The van der Waals surface area contributed by atoms with Gasteiger partial charge in [0.25, 0.3) is 0 Å². The molecule has 0 spiro atoms. The molecule has 33 heavy (non-hydrogen) atoms. The highest BCUT2D eigenvalue weighted by Crippen LogP contribution is 2.33. The number of aromatic nitrogens is 3. The number of ether oxygens (including phenoxy) is 3. The molecule has 4 rings (SSSR count). The number of nitrogens with zero attached hydrogens (tertiary/aromatic N) is 3. The van der Waals surface area contributed by atoms with Gasteiger partial charge in [-0.3, -0.25) is 0 Å². The van der Waals surface area contributed by atoms with E-state index in [4.69, 9.17) is 14.2 Å². The van der Waals surface area contributed by atoms with Crippen LogP contribution in [0.4, 0.5) is 5.69 Å². The second kappa shape index (κ2) is 11.8. The summed E-state index contributed by atoms with van der Waals surface area (Å²) in [5.41, 5.74) is 1.01. The van der Waals surface area contributed by atoms with Crippen molar-refractivity contribution in [3.8, 4) is 17.2 Å². The Balaban J connectivity index is 1.39. The summed E-state index contributed by atoms with van der Waals surface area (Å²) in [6, 6.07) is 16.1. The van der Waals surface area contributed by atoms with Gasteiger partial charge in [0.2, 0.25) is 0 Å². The number of anilines is 1. The molecule has 1 N–H and O–H groups in total. The van der Waals surface area contributed by atoms with Crippen LogP contribution < -0.4 is 19.5 Å². The smallest absolute Gasteiger partial charge is 0.191 e. The molecule has 8 heteroatoms. The van der Waals surface area contributed by atoms with Gasteiger partial charge in [-0.05, 0) is 49.2 Å². The van der Waals surface area contributed by atoms with Gasteiger partial charge in [0.1, 0.15) is 17.2 Å².